The van der Waals surface area contributed by atoms with E-state index in [4.69, 9.17) is 13.8 Å². The fourth-order valence-corrected chi connectivity index (χ4v) is 7.94. The molecule has 4 nitrogen and oxygen atoms in total. The van der Waals surface area contributed by atoms with E-state index in [9.17, 15) is 0 Å². The number of furan rings is 1. The van der Waals surface area contributed by atoms with Crippen molar-refractivity contribution in [1.29, 1.82) is 0 Å². The van der Waals surface area contributed by atoms with Crippen LogP contribution < -0.4 is 4.90 Å². The van der Waals surface area contributed by atoms with Gasteiger partial charge in [-0.05, 0) is 117 Å². The highest BCUT2D eigenvalue weighted by molar-refractivity contribution is 6.09. The van der Waals surface area contributed by atoms with Crippen LogP contribution in [0.25, 0.3) is 88.6 Å². The zero-order chi connectivity index (χ0) is 37.7. The second-order valence-electron chi connectivity index (χ2n) is 14.4. The van der Waals surface area contributed by atoms with E-state index >= 15 is 0 Å². The molecule has 0 spiro atoms. The van der Waals surface area contributed by atoms with Gasteiger partial charge in [0, 0.05) is 39.5 Å². The number of oxazole rings is 1. The molecule has 57 heavy (non-hydrogen) atoms. The van der Waals surface area contributed by atoms with Crippen LogP contribution in [-0.2, 0) is 0 Å². The average molecular weight is 731 g/mol. The first kappa shape index (κ1) is 32.7. The summed E-state index contributed by atoms with van der Waals surface area (Å²) in [6.07, 6.45) is 0. The van der Waals surface area contributed by atoms with Gasteiger partial charge in [-0.25, -0.2) is 4.98 Å². The molecule has 0 N–H and O–H groups in total. The van der Waals surface area contributed by atoms with Gasteiger partial charge in [-0.3, -0.25) is 0 Å². The standard InChI is InChI=1S/C53H34N2O2/c1-3-9-35(10-4-1)37-17-24-44(25-18-37)55(45-26-19-38(20-27-45)42-16-15-36-11-7-8-14-41(36)31-42)46-28-21-39(22-29-46)43-23-30-47-48-33-49-52(34-51(48)56-50(47)32-43)57-53(54-49)40-12-5-2-6-13-40/h1-34H. The van der Waals surface area contributed by atoms with E-state index in [2.05, 4.69) is 175 Å². The Morgan fingerprint density at radius 2 is 0.807 bits per heavy atom. The number of rotatable bonds is 7. The minimum atomic E-state index is 0.606. The van der Waals surface area contributed by atoms with E-state index in [1.807, 2.05) is 36.4 Å². The Kier molecular flexibility index (Phi) is 7.78. The summed E-state index contributed by atoms with van der Waals surface area (Å²) in [5.74, 6) is 0.606. The monoisotopic (exact) mass is 730 g/mol. The van der Waals surface area contributed by atoms with Crippen molar-refractivity contribution in [3.05, 3.63) is 206 Å². The lowest BCUT2D eigenvalue weighted by molar-refractivity contribution is 0.617. The van der Waals surface area contributed by atoms with Crippen LogP contribution in [0, 0.1) is 0 Å². The van der Waals surface area contributed by atoms with E-state index in [-0.39, 0.29) is 0 Å². The van der Waals surface area contributed by atoms with Crippen molar-refractivity contribution in [2.45, 2.75) is 0 Å². The van der Waals surface area contributed by atoms with Crippen molar-refractivity contribution in [3.8, 4) is 44.8 Å². The number of aromatic nitrogens is 1. The lowest BCUT2D eigenvalue weighted by Gasteiger charge is -2.26. The van der Waals surface area contributed by atoms with E-state index < -0.39 is 0 Å². The summed E-state index contributed by atoms with van der Waals surface area (Å²) in [5, 5.41) is 4.56. The molecule has 0 aliphatic carbocycles. The molecule has 0 unspecified atom stereocenters. The first-order valence-corrected chi connectivity index (χ1v) is 19.2. The van der Waals surface area contributed by atoms with Crippen molar-refractivity contribution in [3.63, 3.8) is 0 Å². The van der Waals surface area contributed by atoms with Gasteiger partial charge in [0.05, 0.1) is 0 Å². The zero-order valence-corrected chi connectivity index (χ0v) is 30.8. The van der Waals surface area contributed by atoms with E-state index in [0.717, 1.165) is 61.2 Å². The van der Waals surface area contributed by atoms with Gasteiger partial charge in [-0.15, -0.1) is 0 Å². The number of benzene rings is 9. The Bertz CT molecular complexity index is 3200. The summed E-state index contributed by atoms with van der Waals surface area (Å²) in [5.41, 5.74) is 14.3. The van der Waals surface area contributed by atoms with Crippen LogP contribution in [0.3, 0.4) is 0 Å². The van der Waals surface area contributed by atoms with Crippen LogP contribution in [0.5, 0.6) is 0 Å². The SMILES string of the molecule is c1ccc(-c2ccc(N(c3ccc(-c4ccc5ccccc5c4)cc3)c3ccc(-c4ccc5c(c4)oc4cc6oc(-c7ccccc7)nc6cc45)cc3)cc2)cc1. The number of fused-ring (bicyclic) bond motifs is 5. The maximum absolute atomic E-state index is 6.42. The molecule has 0 bridgehead atoms. The molecule has 0 saturated carbocycles. The highest BCUT2D eigenvalue weighted by Gasteiger charge is 2.17. The molecule has 0 aliphatic heterocycles. The lowest BCUT2D eigenvalue weighted by atomic mass is 10.0. The minimum Gasteiger partial charge on any atom is -0.456 e. The molecule has 268 valence electrons. The largest absolute Gasteiger partial charge is 0.456 e. The molecule has 11 aromatic rings. The van der Waals surface area contributed by atoms with Crippen LogP contribution in [0.1, 0.15) is 0 Å². The smallest absolute Gasteiger partial charge is 0.227 e. The maximum Gasteiger partial charge on any atom is 0.227 e. The summed E-state index contributed by atoms with van der Waals surface area (Å²) in [4.78, 5) is 7.10. The third-order valence-electron chi connectivity index (χ3n) is 10.9. The molecule has 2 aromatic heterocycles. The quantitative estimate of drug-likeness (QED) is 0.164. The van der Waals surface area contributed by atoms with Crippen molar-refractivity contribution >= 4 is 60.9 Å². The minimum absolute atomic E-state index is 0.606. The Balaban J connectivity index is 0.929. The molecule has 11 rings (SSSR count). The zero-order valence-electron chi connectivity index (χ0n) is 30.8. The second-order valence-corrected chi connectivity index (χ2v) is 14.4. The predicted molar refractivity (Wildman–Crippen MR) is 235 cm³/mol. The highest BCUT2D eigenvalue weighted by Crippen LogP contribution is 2.40. The summed E-state index contributed by atoms with van der Waals surface area (Å²) < 4.78 is 12.6. The Morgan fingerprint density at radius 1 is 0.316 bits per heavy atom. The van der Waals surface area contributed by atoms with E-state index in [1.54, 1.807) is 0 Å². The number of hydrogen-bond acceptors (Lipinski definition) is 4. The first-order chi connectivity index (χ1) is 28.2. The predicted octanol–water partition coefficient (Wildman–Crippen LogP) is 15.0. The van der Waals surface area contributed by atoms with Crippen molar-refractivity contribution in [2.75, 3.05) is 4.90 Å². The van der Waals surface area contributed by atoms with Gasteiger partial charge >= 0.3 is 0 Å². The summed E-state index contributed by atoms with van der Waals surface area (Å²) in [6.45, 7) is 0. The number of nitrogens with zero attached hydrogens (tertiary/aromatic N) is 2. The number of anilines is 3. The van der Waals surface area contributed by atoms with Gasteiger partial charge in [0.15, 0.2) is 5.58 Å². The molecule has 0 amide bonds. The molecule has 0 fully saturated rings. The average Bonchev–Trinajstić information content (AvgIpc) is 3.87. The van der Waals surface area contributed by atoms with Crippen molar-refractivity contribution < 1.29 is 8.83 Å². The molecule has 4 heteroatoms. The molecular weight excluding hydrogens is 697 g/mol. The maximum atomic E-state index is 6.42. The number of hydrogen-bond donors (Lipinski definition) is 0. The molecule has 9 aromatic carbocycles. The van der Waals surface area contributed by atoms with Gasteiger partial charge in [0.2, 0.25) is 5.89 Å². The van der Waals surface area contributed by atoms with E-state index in [1.165, 1.54) is 33.0 Å². The van der Waals surface area contributed by atoms with Crippen LogP contribution in [0.4, 0.5) is 17.1 Å². The van der Waals surface area contributed by atoms with Crippen molar-refractivity contribution in [2.24, 2.45) is 0 Å². The summed E-state index contributed by atoms with van der Waals surface area (Å²) in [6, 6.07) is 72.6. The molecule has 0 radical (unpaired) electrons. The molecular formula is C53H34N2O2. The summed E-state index contributed by atoms with van der Waals surface area (Å²) >= 11 is 0. The molecule has 2 heterocycles. The second kappa shape index (κ2) is 13.6. The van der Waals surface area contributed by atoms with Crippen LogP contribution in [0.15, 0.2) is 215 Å². The molecule has 0 atom stereocenters. The van der Waals surface area contributed by atoms with Gasteiger partial charge in [-0.1, -0.05) is 127 Å². The fourth-order valence-electron chi connectivity index (χ4n) is 7.94. The third kappa shape index (κ3) is 6.01. The Hall–Kier alpha value is -7.69. The highest BCUT2D eigenvalue weighted by atomic mass is 16.4. The Morgan fingerprint density at radius 3 is 1.46 bits per heavy atom. The third-order valence-corrected chi connectivity index (χ3v) is 10.9. The van der Waals surface area contributed by atoms with Gasteiger partial charge < -0.3 is 13.7 Å². The first-order valence-electron chi connectivity index (χ1n) is 19.2. The van der Waals surface area contributed by atoms with Gasteiger partial charge in [0.1, 0.15) is 16.7 Å². The van der Waals surface area contributed by atoms with Crippen LogP contribution in [-0.4, -0.2) is 4.98 Å². The van der Waals surface area contributed by atoms with Gasteiger partial charge in [0.25, 0.3) is 0 Å². The topological polar surface area (TPSA) is 42.4 Å². The molecule has 0 aliphatic rings. The van der Waals surface area contributed by atoms with Crippen molar-refractivity contribution in [1.82, 2.24) is 4.98 Å². The van der Waals surface area contributed by atoms with E-state index in [0.29, 0.717) is 11.5 Å². The van der Waals surface area contributed by atoms with Gasteiger partial charge in [-0.2, -0.15) is 0 Å². The lowest BCUT2D eigenvalue weighted by Crippen LogP contribution is -2.09. The Labute approximate surface area is 329 Å². The normalized spacial score (nSPS) is 11.5. The fraction of sp³-hybridized carbons (Fsp3) is 0. The van der Waals surface area contributed by atoms with Crippen LogP contribution in [0.2, 0.25) is 0 Å². The van der Waals surface area contributed by atoms with Crippen LogP contribution >= 0.6 is 0 Å². The molecule has 0 saturated heterocycles. The summed E-state index contributed by atoms with van der Waals surface area (Å²) in [7, 11) is 0.